The molecule has 0 fully saturated rings. The Morgan fingerprint density at radius 3 is 2.65 bits per heavy atom. The summed E-state index contributed by atoms with van der Waals surface area (Å²) < 4.78 is 13.0. The maximum absolute atomic E-state index is 13.0. The van der Waals surface area contributed by atoms with Crippen LogP contribution in [0.25, 0.3) is 0 Å². The van der Waals surface area contributed by atoms with Crippen molar-refractivity contribution in [2.45, 2.75) is 17.9 Å². The van der Waals surface area contributed by atoms with Crippen LogP contribution < -0.4 is 5.32 Å². The Morgan fingerprint density at radius 2 is 1.95 bits per heavy atom. The largest absolute Gasteiger partial charge is 0.325 e. The molecule has 0 aliphatic rings. The standard InChI is InChI=1S/C16H16FNOS/c1-12(20-11-13-6-3-2-4-7-13)16(19)18-15-9-5-8-14(17)10-15/h2-10,12H,11H2,1H3,(H,18,19). The molecule has 2 nitrogen and oxygen atoms in total. The van der Waals surface area contributed by atoms with Gasteiger partial charge < -0.3 is 5.32 Å². The Balaban J connectivity index is 1.86. The SMILES string of the molecule is CC(SCc1ccccc1)C(=O)Nc1cccc(F)c1. The first-order valence-electron chi connectivity index (χ1n) is 6.37. The van der Waals surface area contributed by atoms with Crippen LogP contribution in [0.4, 0.5) is 10.1 Å². The van der Waals surface area contributed by atoms with E-state index in [0.29, 0.717) is 5.69 Å². The van der Waals surface area contributed by atoms with E-state index in [4.69, 9.17) is 0 Å². The highest BCUT2D eigenvalue weighted by atomic mass is 32.2. The lowest BCUT2D eigenvalue weighted by atomic mass is 10.2. The van der Waals surface area contributed by atoms with Crippen LogP contribution in [0.2, 0.25) is 0 Å². The maximum Gasteiger partial charge on any atom is 0.237 e. The molecule has 1 amide bonds. The third-order valence-electron chi connectivity index (χ3n) is 2.80. The number of rotatable bonds is 5. The van der Waals surface area contributed by atoms with Crippen molar-refractivity contribution in [2.75, 3.05) is 5.32 Å². The predicted molar refractivity (Wildman–Crippen MR) is 82.2 cm³/mol. The van der Waals surface area contributed by atoms with Crippen molar-refractivity contribution >= 4 is 23.4 Å². The molecule has 0 saturated carbocycles. The van der Waals surface area contributed by atoms with Gasteiger partial charge in [0.05, 0.1) is 5.25 Å². The third kappa shape index (κ3) is 4.38. The first-order chi connectivity index (χ1) is 9.65. The van der Waals surface area contributed by atoms with Gasteiger partial charge in [0.15, 0.2) is 0 Å². The number of halogens is 1. The summed E-state index contributed by atoms with van der Waals surface area (Å²) in [6.45, 7) is 1.85. The lowest BCUT2D eigenvalue weighted by Crippen LogP contribution is -2.22. The average Bonchev–Trinajstić information content (AvgIpc) is 2.46. The van der Waals surface area contributed by atoms with Crippen molar-refractivity contribution in [1.29, 1.82) is 0 Å². The zero-order valence-electron chi connectivity index (χ0n) is 11.2. The number of carbonyl (C=O) groups is 1. The number of hydrogen-bond donors (Lipinski definition) is 1. The zero-order valence-corrected chi connectivity index (χ0v) is 12.0. The summed E-state index contributed by atoms with van der Waals surface area (Å²) in [5.74, 6) is 0.308. The van der Waals surface area contributed by atoms with Gasteiger partial charge in [-0.1, -0.05) is 36.4 Å². The summed E-state index contributed by atoms with van der Waals surface area (Å²) in [5, 5.41) is 2.52. The first-order valence-corrected chi connectivity index (χ1v) is 7.42. The molecular formula is C16H16FNOS. The molecule has 0 saturated heterocycles. The van der Waals surface area contributed by atoms with E-state index in [2.05, 4.69) is 5.32 Å². The Bertz CT molecular complexity index is 574. The highest BCUT2D eigenvalue weighted by molar-refractivity contribution is 7.99. The molecule has 104 valence electrons. The van der Waals surface area contributed by atoms with Crippen LogP contribution in [-0.2, 0) is 10.5 Å². The molecule has 0 radical (unpaired) electrons. The van der Waals surface area contributed by atoms with E-state index in [0.717, 1.165) is 5.75 Å². The molecule has 2 aromatic rings. The number of nitrogens with one attached hydrogen (secondary N) is 1. The van der Waals surface area contributed by atoms with Gasteiger partial charge in [-0.3, -0.25) is 4.79 Å². The van der Waals surface area contributed by atoms with Gasteiger partial charge in [-0.25, -0.2) is 4.39 Å². The first kappa shape index (κ1) is 14.6. The molecule has 0 aromatic heterocycles. The lowest BCUT2D eigenvalue weighted by molar-refractivity contribution is -0.115. The van der Waals surface area contributed by atoms with Crippen molar-refractivity contribution in [1.82, 2.24) is 0 Å². The summed E-state index contributed by atoms with van der Waals surface area (Å²) in [7, 11) is 0. The lowest BCUT2D eigenvalue weighted by Gasteiger charge is -2.12. The zero-order chi connectivity index (χ0) is 14.4. The van der Waals surface area contributed by atoms with E-state index in [1.165, 1.54) is 17.7 Å². The number of thioether (sulfide) groups is 1. The van der Waals surface area contributed by atoms with Gasteiger partial charge >= 0.3 is 0 Å². The summed E-state index contributed by atoms with van der Waals surface area (Å²) in [5.41, 5.74) is 1.67. The number of hydrogen-bond acceptors (Lipinski definition) is 2. The molecule has 0 bridgehead atoms. The summed E-state index contributed by atoms with van der Waals surface area (Å²) in [4.78, 5) is 12.0. The molecule has 2 aromatic carbocycles. The van der Waals surface area contributed by atoms with Crippen molar-refractivity contribution < 1.29 is 9.18 Å². The van der Waals surface area contributed by atoms with E-state index in [-0.39, 0.29) is 17.0 Å². The fourth-order valence-corrected chi connectivity index (χ4v) is 2.53. The molecule has 2 rings (SSSR count). The van der Waals surface area contributed by atoms with Crippen molar-refractivity contribution in [3.05, 3.63) is 66.0 Å². The van der Waals surface area contributed by atoms with Crippen LogP contribution in [0.1, 0.15) is 12.5 Å². The Hall–Kier alpha value is -1.81. The van der Waals surface area contributed by atoms with Gasteiger partial charge in [0.1, 0.15) is 5.82 Å². The van der Waals surface area contributed by atoms with Crippen LogP contribution in [0.3, 0.4) is 0 Å². The van der Waals surface area contributed by atoms with Gasteiger partial charge in [-0.15, -0.1) is 11.8 Å². The minimum atomic E-state index is -0.354. The smallest absolute Gasteiger partial charge is 0.237 e. The minimum Gasteiger partial charge on any atom is -0.325 e. The Kier molecular flexibility index (Phi) is 5.18. The van der Waals surface area contributed by atoms with Gasteiger partial charge in [-0.2, -0.15) is 0 Å². The fourth-order valence-electron chi connectivity index (χ4n) is 1.68. The van der Waals surface area contributed by atoms with Crippen molar-refractivity contribution in [3.63, 3.8) is 0 Å². The molecule has 0 aliphatic heterocycles. The van der Waals surface area contributed by atoms with Crippen molar-refractivity contribution in [2.24, 2.45) is 0 Å². The molecule has 1 unspecified atom stereocenters. The van der Waals surface area contributed by atoms with E-state index in [1.54, 1.807) is 23.9 Å². The van der Waals surface area contributed by atoms with Gasteiger partial charge in [0.25, 0.3) is 0 Å². The highest BCUT2D eigenvalue weighted by Crippen LogP contribution is 2.19. The molecule has 4 heteroatoms. The van der Waals surface area contributed by atoms with Crippen LogP contribution in [0, 0.1) is 5.82 Å². The van der Waals surface area contributed by atoms with E-state index >= 15 is 0 Å². The molecule has 0 aliphatic carbocycles. The Labute approximate surface area is 122 Å². The van der Waals surface area contributed by atoms with Crippen molar-refractivity contribution in [3.8, 4) is 0 Å². The van der Waals surface area contributed by atoms with Gasteiger partial charge in [0.2, 0.25) is 5.91 Å². The summed E-state index contributed by atoms with van der Waals surface area (Å²) in [6, 6.07) is 15.9. The second-order valence-electron chi connectivity index (χ2n) is 4.44. The molecule has 1 N–H and O–H groups in total. The molecular weight excluding hydrogens is 273 g/mol. The minimum absolute atomic E-state index is 0.114. The van der Waals surface area contributed by atoms with E-state index in [9.17, 15) is 9.18 Å². The van der Waals surface area contributed by atoms with Crippen LogP contribution in [0.5, 0.6) is 0 Å². The van der Waals surface area contributed by atoms with E-state index in [1.807, 2.05) is 37.3 Å². The second-order valence-corrected chi connectivity index (χ2v) is 5.77. The monoisotopic (exact) mass is 289 g/mol. The van der Waals surface area contributed by atoms with Gasteiger partial charge in [0, 0.05) is 11.4 Å². The topological polar surface area (TPSA) is 29.1 Å². The molecule has 0 heterocycles. The summed E-state index contributed by atoms with van der Waals surface area (Å²) in [6.07, 6.45) is 0. The molecule has 20 heavy (non-hydrogen) atoms. The van der Waals surface area contributed by atoms with Crippen LogP contribution >= 0.6 is 11.8 Å². The average molecular weight is 289 g/mol. The third-order valence-corrected chi connectivity index (χ3v) is 4.02. The molecule has 0 spiro atoms. The number of amides is 1. The number of benzene rings is 2. The quantitative estimate of drug-likeness (QED) is 0.898. The number of anilines is 1. The fraction of sp³-hybridized carbons (Fsp3) is 0.188. The van der Waals surface area contributed by atoms with Crippen LogP contribution in [-0.4, -0.2) is 11.2 Å². The second kappa shape index (κ2) is 7.10. The maximum atomic E-state index is 13.0. The van der Waals surface area contributed by atoms with E-state index < -0.39 is 0 Å². The van der Waals surface area contributed by atoms with Crippen LogP contribution in [0.15, 0.2) is 54.6 Å². The summed E-state index contributed by atoms with van der Waals surface area (Å²) >= 11 is 1.56. The van der Waals surface area contributed by atoms with Gasteiger partial charge in [-0.05, 0) is 30.7 Å². The number of carbonyl (C=O) groups excluding carboxylic acids is 1. The normalized spacial score (nSPS) is 11.9. The molecule has 1 atom stereocenters. The Morgan fingerprint density at radius 1 is 1.20 bits per heavy atom. The highest BCUT2D eigenvalue weighted by Gasteiger charge is 2.13. The predicted octanol–water partition coefficient (Wildman–Crippen LogP) is 4.09.